The van der Waals surface area contributed by atoms with Gasteiger partial charge in [0.25, 0.3) is 0 Å². The molecule has 1 aromatic rings. The van der Waals surface area contributed by atoms with E-state index in [9.17, 15) is 5.11 Å². The monoisotopic (exact) mass is 259 g/mol. The Balaban J connectivity index is 3.02. The lowest BCUT2D eigenvalue weighted by Gasteiger charge is -2.14. The summed E-state index contributed by atoms with van der Waals surface area (Å²) in [6.45, 7) is 0.641. The van der Waals surface area contributed by atoms with Gasteiger partial charge in [0, 0.05) is 0 Å². The molecule has 0 atom stereocenters. The van der Waals surface area contributed by atoms with Crippen molar-refractivity contribution in [2.24, 2.45) is 5.73 Å². The minimum Gasteiger partial charge on any atom is -0.506 e. The number of aryl methyl sites for hydroxylation is 1. The fraction of sp³-hybridized carbons (Fsp3) is 0.500. The molecular weight excluding hydrogens is 242 g/mol. The smallest absolute Gasteiger partial charge is 0.183 e. The molecule has 0 saturated carbocycles. The molecule has 0 saturated heterocycles. The summed E-state index contributed by atoms with van der Waals surface area (Å²) in [6, 6.07) is 1.75. The molecule has 0 aliphatic heterocycles. The molecule has 1 rings (SSSR count). The van der Waals surface area contributed by atoms with Crippen LogP contribution < -0.4 is 15.2 Å². The van der Waals surface area contributed by atoms with E-state index in [4.69, 9.17) is 26.8 Å². The minimum atomic E-state index is 0.0568. The summed E-state index contributed by atoms with van der Waals surface area (Å²) in [6.07, 6.45) is 2.52. The largest absolute Gasteiger partial charge is 0.506 e. The van der Waals surface area contributed by atoms with Crippen molar-refractivity contribution in [1.29, 1.82) is 0 Å². The van der Waals surface area contributed by atoms with Gasteiger partial charge in [-0.1, -0.05) is 11.6 Å². The topological polar surface area (TPSA) is 64.7 Å². The highest BCUT2D eigenvalue weighted by Gasteiger charge is 2.17. The zero-order valence-electron chi connectivity index (χ0n) is 10.1. The summed E-state index contributed by atoms with van der Waals surface area (Å²) in [5.74, 6) is 0.939. The summed E-state index contributed by atoms with van der Waals surface area (Å²) in [4.78, 5) is 0. The summed E-state index contributed by atoms with van der Waals surface area (Å²) < 4.78 is 10.3. The fourth-order valence-electron chi connectivity index (χ4n) is 1.64. The number of phenols is 1. The fourth-order valence-corrected chi connectivity index (χ4v) is 1.93. The van der Waals surface area contributed by atoms with Gasteiger partial charge < -0.3 is 20.3 Å². The number of nitrogens with two attached hydrogens (primary N) is 1. The van der Waals surface area contributed by atoms with Crippen molar-refractivity contribution in [3.8, 4) is 17.2 Å². The van der Waals surface area contributed by atoms with Crippen LogP contribution in [0, 0.1) is 0 Å². The number of methoxy groups -OCH3 is 2. The average Bonchev–Trinajstić information content (AvgIpc) is 2.34. The summed E-state index contributed by atoms with van der Waals surface area (Å²) >= 11 is 6.02. The zero-order chi connectivity index (χ0) is 12.8. The highest BCUT2D eigenvalue weighted by Crippen LogP contribution is 2.43. The first-order chi connectivity index (χ1) is 8.15. The first-order valence-electron chi connectivity index (χ1n) is 5.48. The van der Waals surface area contributed by atoms with Gasteiger partial charge >= 0.3 is 0 Å². The molecule has 17 heavy (non-hydrogen) atoms. The summed E-state index contributed by atoms with van der Waals surface area (Å²) in [5.41, 5.74) is 6.18. The molecule has 0 heterocycles. The highest BCUT2D eigenvalue weighted by molar-refractivity contribution is 6.33. The number of hydrogen-bond donors (Lipinski definition) is 2. The van der Waals surface area contributed by atoms with E-state index in [0.29, 0.717) is 24.5 Å². The molecule has 0 aromatic heterocycles. The van der Waals surface area contributed by atoms with E-state index >= 15 is 0 Å². The van der Waals surface area contributed by atoms with Crippen molar-refractivity contribution in [1.82, 2.24) is 0 Å². The van der Waals surface area contributed by atoms with Crippen molar-refractivity contribution in [2.45, 2.75) is 19.3 Å². The van der Waals surface area contributed by atoms with Crippen molar-refractivity contribution in [3.63, 3.8) is 0 Å². The van der Waals surface area contributed by atoms with Gasteiger partial charge in [-0.05, 0) is 37.4 Å². The molecule has 0 spiro atoms. The third-order valence-corrected chi connectivity index (χ3v) is 2.92. The van der Waals surface area contributed by atoms with Crippen molar-refractivity contribution >= 4 is 11.6 Å². The SMILES string of the molecule is COc1cc(CCCCN)c(O)c(Cl)c1OC. The number of ether oxygens (including phenoxy) is 2. The van der Waals surface area contributed by atoms with E-state index in [2.05, 4.69) is 0 Å². The molecule has 0 aliphatic carbocycles. The summed E-state index contributed by atoms with van der Waals surface area (Å²) in [5, 5.41) is 10.1. The normalized spacial score (nSPS) is 10.4. The van der Waals surface area contributed by atoms with Crippen molar-refractivity contribution in [3.05, 3.63) is 16.7 Å². The Morgan fingerprint density at radius 2 is 2.00 bits per heavy atom. The van der Waals surface area contributed by atoms with Crippen LogP contribution in [0.15, 0.2) is 6.07 Å². The number of unbranched alkanes of at least 4 members (excludes halogenated alkanes) is 1. The van der Waals surface area contributed by atoms with E-state index in [1.54, 1.807) is 6.07 Å². The molecule has 0 amide bonds. The number of aromatic hydroxyl groups is 1. The maximum absolute atomic E-state index is 9.93. The predicted octanol–water partition coefficient (Wildman–Crippen LogP) is 2.34. The molecule has 4 nitrogen and oxygen atoms in total. The van der Waals surface area contributed by atoms with Crippen LogP contribution in [0.4, 0.5) is 0 Å². The number of hydrogen-bond acceptors (Lipinski definition) is 4. The Morgan fingerprint density at radius 1 is 1.29 bits per heavy atom. The molecule has 96 valence electrons. The van der Waals surface area contributed by atoms with E-state index in [0.717, 1.165) is 18.4 Å². The van der Waals surface area contributed by atoms with Crippen molar-refractivity contribution in [2.75, 3.05) is 20.8 Å². The molecule has 0 radical (unpaired) electrons. The van der Waals surface area contributed by atoms with Crippen LogP contribution in [0.3, 0.4) is 0 Å². The second kappa shape index (κ2) is 6.57. The number of halogens is 1. The van der Waals surface area contributed by atoms with Gasteiger partial charge in [0.1, 0.15) is 10.8 Å². The number of benzene rings is 1. The Hall–Kier alpha value is -1.13. The van der Waals surface area contributed by atoms with Crippen LogP contribution in [0.1, 0.15) is 18.4 Å². The van der Waals surface area contributed by atoms with Gasteiger partial charge in [-0.15, -0.1) is 0 Å². The van der Waals surface area contributed by atoms with E-state index in [-0.39, 0.29) is 10.8 Å². The molecule has 0 aliphatic rings. The highest BCUT2D eigenvalue weighted by atomic mass is 35.5. The quantitative estimate of drug-likeness (QED) is 0.770. The Labute approximate surface area is 106 Å². The maximum atomic E-state index is 9.93. The van der Waals surface area contributed by atoms with Gasteiger partial charge in [0.05, 0.1) is 14.2 Å². The first-order valence-corrected chi connectivity index (χ1v) is 5.85. The van der Waals surface area contributed by atoms with E-state index in [1.165, 1.54) is 14.2 Å². The van der Waals surface area contributed by atoms with Gasteiger partial charge in [0.15, 0.2) is 11.5 Å². The van der Waals surface area contributed by atoms with Crippen LogP contribution in [-0.4, -0.2) is 25.9 Å². The minimum absolute atomic E-state index is 0.0568. The van der Waals surface area contributed by atoms with Crippen LogP contribution in [0.25, 0.3) is 0 Å². The summed E-state index contributed by atoms with van der Waals surface area (Å²) in [7, 11) is 3.02. The lowest BCUT2D eigenvalue weighted by atomic mass is 10.1. The van der Waals surface area contributed by atoms with E-state index in [1.807, 2.05) is 0 Å². The lowest BCUT2D eigenvalue weighted by Crippen LogP contribution is -2.00. The molecule has 0 unspecified atom stereocenters. The Kier molecular flexibility index (Phi) is 5.38. The second-order valence-electron chi connectivity index (χ2n) is 3.68. The van der Waals surface area contributed by atoms with Gasteiger partial charge in [-0.3, -0.25) is 0 Å². The molecule has 0 bridgehead atoms. The number of rotatable bonds is 6. The Morgan fingerprint density at radius 3 is 2.53 bits per heavy atom. The predicted molar refractivity (Wildman–Crippen MR) is 68.2 cm³/mol. The number of phenolic OH excluding ortho intramolecular Hbond substituents is 1. The second-order valence-corrected chi connectivity index (χ2v) is 4.06. The lowest BCUT2D eigenvalue weighted by molar-refractivity contribution is 0.350. The van der Waals surface area contributed by atoms with Crippen molar-refractivity contribution < 1.29 is 14.6 Å². The maximum Gasteiger partial charge on any atom is 0.183 e. The van der Waals surface area contributed by atoms with Gasteiger partial charge in [-0.25, -0.2) is 0 Å². The third-order valence-electron chi connectivity index (χ3n) is 2.56. The van der Waals surface area contributed by atoms with Gasteiger partial charge in [0.2, 0.25) is 0 Å². The van der Waals surface area contributed by atoms with E-state index < -0.39 is 0 Å². The molecule has 1 aromatic carbocycles. The Bertz CT molecular complexity index is 383. The average molecular weight is 260 g/mol. The van der Waals surface area contributed by atoms with Crippen LogP contribution in [0.5, 0.6) is 17.2 Å². The van der Waals surface area contributed by atoms with Crippen LogP contribution in [-0.2, 0) is 6.42 Å². The standard InChI is InChI=1S/C12H18ClNO3/c1-16-9-7-8(5-3-4-6-14)11(15)10(13)12(9)17-2/h7,15H,3-6,14H2,1-2H3. The third kappa shape index (κ3) is 3.17. The molecular formula is C12H18ClNO3. The van der Waals surface area contributed by atoms with Crippen LogP contribution >= 0.6 is 11.6 Å². The zero-order valence-corrected chi connectivity index (χ0v) is 10.9. The van der Waals surface area contributed by atoms with Gasteiger partial charge in [-0.2, -0.15) is 0 Å². The molecule has 3 N–H and O–H groups in total. The molecule has 5 heteroatoms. The van der Waals surface area contributed by atoms with Crippen LogP contribution in [0.2, 0.25) is 5.02 Å². The first kappa shape index (κ1) is 13.9. The molecule has 0 fully saturated rings.